The molecule has 8 heteroatoms. The van der Waals surface area contributed by atoms with Crippen LogP contribution in [0.3, 0.4) is 0 Å². The Bertz CT molecular complexity index is 504. The summed E-state index contributed by atoms with van der Waals surface area (Å²) in [6.45, 7) is 1.43. The van der Waals surface area contributed by atoms with Crippen LogP contribution in [0.1, 0.15) is 17.7 Å². The van der Waals surface area contributed by atoms with E-state index < -0.39 is 26.2 Å². The molecule has 1 rings (SSSR count). The zero-order valence-corrected chi connectivity index (χ0v) is 9.94. The van der Waals surface area contributed by atoms with Crippen LogP contribution in [-0.2, 0) is 9.05 Å². The highest BCUT2D eigenvalue weighted by atomic mass is 35.7. The van der Waals surface area contributed by atoms with Gasteiger partial charge in [-0.15, -0.1) is 0 Å². The second-order valence-electron chi connectivity index (χ2n) is 2.93. The van der Waals surface area contributed by atoms with Gasteiger partial charge in [0.25, 0.3) is 15.5 Å². The highest BCUT2D eigenvalue weighted by molar-refractivity contribution is 8.13. The summed E-state index contributed by atoms with van der Waals surface area (Å²) in [5.74, 6) is -0.140. The van der Waals surface area contributed by atoms with E-state index in [-0.39, 0.29) is 11.3 Å². The second kappa shape index (κ2) is 4.50. The average Bonchev–Trinajstić information content (AvgIpc) is 2.14. The monoisotopic (exact) mass is 271 g/mol. The van der Waals surface area contributed by atoms with Gasteiger partial charge in [-0.1, -0.05) is 0 Å². The van der Waals surface area contributed by atoms with Crippen molar-refractivity contribution in [2.24, 2.45) is 0 Å². The largest absolute Gasteiger partial charge is 0.494 e. The molecule has 0 aliphatic rings. The number of aryl methyl sites for hydroxylation is 1. The van der Waals surface area contributed by atoms with E-state index >= 15 is 0 Å². The van der Waals surface area contributed by atoms with E-state index in [9.17, 15) is 17.2 Å². The van der Waals surface area contributed by atoms with Crippen LogP contribution in [0.25, 0.3) is 0 Å². The van der Waals surface area contributed by atoms with Crippen LogP contribution in [-0.4, -0.2) is 20.5 Å². The minimum absolute atomic E-state index is 0.140. The molecule has 0 radical (unpaired) electrons. The SMILES string of the molecule is COc1c(C)cc(S(=O)(=O)Cl)nc1C(F)F. The van der Waals surface area contributed by atoms with Gasteiger partial charge in [0.05, 0.1) is 7.11 Å². The van der Waals surface area contributed by atoms with Crippen LogP contribution in [0.2, 0.25) is 0 Å². The molecule has 1 aromatic rings. The first-order valence-electron chi connectivity index (χ1n) is 4.05. The maximum Gasteiger partial charge on any atom is 0.284 e. The fraction of sp³-hybridized carbons (Fsp3) is 0.375. The first-order valence-corrected chi connectivity index (χ1v) is 6.36. The Morgan fingerprint density at radius 1 is 1.50 bits per heavy atom. The molecule has 0 spiro atoms. The second-order valence-corrected chi connectivity index (χ2v) is 5.45. The number of hydrogen-bond acceptors (Lipinski definition) is 4. The molecule has 0 aromatic carbocycles. The molecule has 0 aliphatic heterocycles. The summed E-state index contributed by atoms with van der Waals surface area (Å²) in [6, 6.07) is 1.08. The number of nitrogens with zero attached hydrogens (tertiary/aromatic N) is 1. The summed E-state index contributed by atoms with van der Waals surface area (Å²) in [6.07, 6.45) is -2.94. The van der Waals surface area contributed by atoms with Gasteiger partial charge in [0.2, 0.25) is 0 Å². The molecular formula is C8H8ClF2NO3S. The van der Waals surface area contributed by atoms with Crippen molar-refractivity contribution in [2.45, 2.75) is 18.4 Å². The third-order valence-electron chi connectivity index (χ3n) is 1.82. The fourth-order valence-corrected chi connectivity index (χ4v) is 1.95. The Morgan fingerprint density at radius 2 is 2.06 bits per heavy atom. The van der Waals surface area contributed by atoms with Gasteiger partial charge in [-0.25, -0.2) is 22.2 Å². The predicted octanol–water partition coefficient (Wildman–Crippen LogP) is 2.26. The van der Waals surface area contributed by atoms with E-state index in [1.807, 2.05) is 0 Å². The first kappa shape index (κ1) is 13.1. The quantitative estimate of drug-likeness (QED) is 0.792. The van der Waals surface area contributed by atoms with Crippen molar-refractivity contribution in [1.82, 2.24) is 4.98 Å². The third kappa shape index (κ3) is 2.59. The van der Waals surface area contributed by atoms with Crippen molar-refractivity contribution in [2.75, 3.05) is 7.11 Å². The van der Waals surface area contributed by atoms with Crippen molar-refractivity contribution >= 4 is 19.7 Å². The van der Waals surface area contributed by atoms with Crippen LogP contribution in [0.15, 0.2) is 11.1 Å². The minimum Gasteiger partial charge on any atom is -0.494 e. The molecule has 0 amide bonds. The molecule has 0 fully saturated rings. The predicted molar refractivity (Wildman–Crippen MR) is 53.5 cm³/mol. The summed E-state index contributed by atoms with van der Waals surface area (Å²) >= 11 is 0. The lowest BCUT2D eigenvalue weighted by Crippen LogP contribution is -2.04. The molecule has 90 valence electrons. The number of alkyl halides is 2. The molecule has 16 heavy (non-hydrogen) atoms. The highest BCUT2D eigenvalue weighted by Crippen LogP contribution is 2.32. The van der Waals surface area contributed by atoms with E-state index in [0.29, 0.717) is 0 Å². The Balaban J connectivity index is 3.52. The molecule has 0 aliphatic carbocycles. The van der Waals surface area contributed by atoms with Gasteiger partial charge in [0.1, 0.15) is 11.4 Å². The molecule has 4 nitrogen and oxygen atoms in total. The third-order valence-corrected chi connectivity index (χ3v) is 3.01. The number of pyridine rings is 1. The number of halogens is 3. The fourth-order valence-electron chi connectivity index (χ4n) is 1.19. The Labute approximate surface area is 95.6 Å². The van der Waals surface area contributed by atoms with Crippen LogP contribution >= 0.6 is 10.7 Å². The Hall–Kier alpha value is -0.950. The molecule has 1 heterocycles. The van der Waals surface area contributed by atoms with Crippen molar-refractivity contribution < 1.29 is 21.9 Å². The lowest BCUT2D eigenvalue weighted by Gasteiger charge is -2.10. The van der Waals surface area contributed by atoms with Gasteiger partial charge in [0.15, 0.2) is 5.03 Å². The van der Waals surface area contributed by atoms with Crippen molar-refractivity contribution in [3.8, 4) is 5.75 Å². The maximum atomic E-state index is 12.6. The van der Waals surface area contributed by atoms with Crippen molar-refractivity contribution in [1.29, 1.82) is 0 Å². The lowest BCUT2D eigenvalue weighted by atomic mass is 10.2. The number of methoxy groups -OCH3 is 1. The Morgan fingerprint density at radius 3 is 2.44 bits per heavy atom. The summed E-state index contributed by atoms with van der Waals surface area (Å²) in [5, 5.41) is -0.609. The van der Waals surface area contributed by atoms with Crippen LogP contribution in [0.5, 0.6) is 5.75 Å². The molecule has 0 atom stereocenters. The summed E-state index contributed by atoms with van der Waals surface area (Å²) in [7, 11) is 2.09. The summed E-state index contributed by atoms with van der Waals surface area (Å²) in [4.78, 5) is 3.28. The van der Waals surface area contributed by atoms with Gasteiger partial charge in [-0.3, -0.25) is 0 Å². The average molecular weight is 272 g/mol. The number of rotatable bonds is 3. The van der Waals surface area contributed by atoms with Gasteiger partial charge >= 0.3 is 0 Å². The zero-order valence-electron chi connectivity index (χ0n) is 8.37. The van der Waals surface area contributed by atoms with E-state index in [1.165, 1.54) is 14.0 Å². The van der Waals surface area contributed by atoms with E-state index in [4.69, 9.17) is 15.4 Å². The van der Waals surface area contributed by atoms with E-state index in [2.05, 4.69) is 4.98 Å². The number of aromatic nitrogens is 1. The molecule has 1 aromatic heterocycles. The maximum absolute atomic E-state index is 12.6. The highest BCUT2D eigenvalue weighted by Gasteiger charge is 2.23. The molecule has 0 N–H and O–H groups in total. The van der Waals surface area contributed by atoms with Gasteiger partial charge in [-0.05, 0) is 18.6 Å². The smallest absolute Gasteiger partial charge is 0.284 e. The number of ether oxygens (including phenoxy) is 1. The van der Waals surface area contributed by atoms with Crippen LogP contribution < -0.4 is 4.74 Å². The van der Waals surface area contributed by atoms with Crippen molar-refractivity contribution in [3.05, 3.63) is 17.3 Å². The molecule has 0 saturated carbocycles. The lowest BCUT2D eigenvalue weighted by molar-refractivity contribution is 0.140. The first-order chi connectivity index (χ1) is 7.27. The normalized spacial score (nSPS) is 11.9. The van der Waals surface area contributed by atoms with Crippen molar-refractivity contribution in [3.63, 3.8) is 0 Å². The molecular weight excluding hydrogens is 264 g/mol. The molecule has 0 saturated heterocycles. The van der Waals surface area contributed by atoms with E-state index in [0.717, 1.165) is 6.07 Å². The van der Waals surface area contributed by atoms with Gasteiger partial charge < -0.3 is 4.74 Å². The molecule has 0 unspecified atom stereocenters. The van der Waals surface area contributed by atoms with Gasteiger partial charge in [-0.2, -0.15) is 0 Å². The standard InChI is InChI=1S/C8H8ClF2NO3S/c1-4-3-5(16(9,13)14)12-6(8(10)11)7(4)15-2/h3,8H,1-2H3. The van der Waals surface area contributed by atoms with Crippen LogP contribution in [0, 0.1) is 6.92 Å². The Kier molecular flexibility index (Phi) is 3.69. The summed E-state index contributed by atoms with van der Waals surface area (Å²) < 4.78 is 51.8. The summed E-state index contributed by atoms with van der Waals surface area (Å²) in [5.41, 5.74) is -0.506. The topological polar surface area (TPSA) is 56.3 Å². The zero-order chi connectivity index (χ0) is 12.5. The van der Waals surface area contributed by atoms with Gasteiger partial charge in [0, 0.05) is 10.7 Å². The van der Waals surface area contributed by atoms with Crippen LogP contribution in [0.4, 0.5) is 8.78 Å². The van der Waals surface area contributed by atoms with E-state index in [1.54, 1.807) is 0 Å². The minimum atomic E-state index is -4.13. The number of hydrogen-bond donors (Lipinski definition) is 0. The molecule has 0 bridgehead atoms.